The van der Waals surface area contributed by atoms with Gasteiger partial charge in [0, 0.05) is 23.9 Å². The third kappa shape index (κ3) is 2.53. The molecule has 0 spiro atoms. The Morgan fingerprint density at radius 3 is 3.00 bits per heavy atom. The van der Waals surface area contributed by atoms with Crippen molar-refractivity contribution in [2.75, 3.05) is 0 Å². The summed E-state index contributed by atoms with van der Waals surface area (Å²) < 4.78 is 0. The first-order valence-corrected chi connectivity index (χ1v) is 7.12. The molecule has 1 saturated carbocycles. The van der Waals surface area contributed by atoms with Crippen molar-refractivity contribution < 1.29 is 0 Å². The summed E-state index contributed by atoms with van der Waals surface area (Å²) in [5.74, 6) is 0.802. The van der Waals surface area contributed by atoms with Crippen molar-refractivity contribution in [1.82, 2.24) is 10.3 Å². The summed E-state index contributed by atoms with van der Waals surface area (Å²) in [5.41, 5.74) is 1.24. The van der Waals surface area contributed by atoms with Crippen molar-refractivity contribution in [3.8, 4) is 0 Å². The van der Waals surface area contributed by atoms with Crippen molar-refractivity contribution in [3.63, 3.8) is 0 Å². The molecule has 1 N–H and O–H groups in total. The van der Waals surface area contributed by atoms with Gasteiger partial charge in [0.2, 0.25) is 0 Å². The maximum atomic E-state index is 4.69. The average molecular weight is 234 g/mol. The van der Waals surface area contributed by atoms with Crippen molar-refractivity contribution >= 4 is 11.3 Å². The molecule has 1 aromatic heterocycles. The molecule has 86 valence electrons. The van der Waals surface area contributed by atoms with Crippen LogP contribution in [0.2, 0.25) is 0 Å². The van der Waals surface area contributed by atoms with Crippen LogP contribution in [0.4, 0.5) is 0 Å². The first-order valence-electron chi connectivity index (χ1n) is 6.24. The average Bonchev–Trinajstić information content (AvgIpc) is 3.08. The van der Waals surface area contributed by atoms with E-state index in [1.807, 2.05) is 11.3 Å². The number of allylic oxidation sites excluding steroid dienone is 1. The normalized spacial score (nSPS) is 24.9. The Bertz CT molecular complexity index is 379. The van der Waals surface area contributed by atoms with Crippen molar-refractivity contribution in [1.29, 1.82) is 0 Å². The topological polar surface area (TPSA) is 24.9 Å². The van der Waals surface area contributed by atoms with Gasteiger partial charge >= 0.3 is 0 Å². The number of hydrogen-bond acceptors (Lipinski definition) is 3. The van der Waals surface area contributed by atoms with E-state index >= 15 is 0 Å². The van der Waals surface area contributed by atoms with Gasteiger partial charge in [0.25, 0.3) is 0 Å². The van der Waals surface area contributed by atoms with Gasteiger partial charge in [-0.25, -0.2) is 4.98 Å². The minimum atomic E-state index is 0.663. The molecule has 3 rings (SSSR count). The van der Waals surface area contributed by atoms with Gasteiger partial charge in [-0.2, -0.15) is 0 Å². The van der Waals surface area contributed by atoms with E-state index in [9.17, 15) is 0 Å². The van der Waals surface area contributed by atoms with Crippen LogP contribution in [-0.4, -0.2) is 11.0 Å². The van der Waals surface area contributed by atoms with Gasteiger partial charge in [-0.05, 0) is 32.1 Å². The molecule has 1 fully saturated rings. The second kappa shape index (κ2) is 4.68. The standard InChI is InChI=1S/C13H18N2S/c1-2-4-11(5-3-1)14-8-12-9-16-13(15-12)10-6-7-10/h1-2,9-11,14H,3-8H2. The summed E-state index contributed by atoms with van der Waals surface area (Å²) in [4.78, 5) is 4.69. The van der Waals surface area contributed by atoms with Gasteiger partial charge < -0.3 is 5.32 Å². The van der Waals surface area contributed by atoms with Crippen LogP contribution in [-0.2, 0) is 6.54 Å². The third-order valence-corrected chi connectivity index (χ3v) is 4.39. The minimum absolute atomic E-state index is 0.663. The highest BCUT2D eigenvalue weighted by Gasteiger charge is 2.26. The minimum Gasteiger partial charge on any atom is -0.308 e. The van der Waals surface area contributed by atoms with Crippen LogP contribution in [0.25, 0.3) is 0 Å². The predicted octanol–water partition coefficient (Wildman–Crippen LogP) is 3.22. The molecule has 1 heterocycles. The van der Waals surface area contributed by atoms with E-state index in [-0.39, 0.29) is 0 Å². The highest BCUT2D eigenvalue weighted by molar-refractivity contribution is 7.09. The monoisotopic (exact) mass is 234 g/mol. The van der Waals surface area contributed by atoms with Crippen LogP contribution < -0.4 is 5.32 Å². The molecule has 0 saturated heterocycles. The lowest BCUT2D eigenvalue weighted by Crippen LogP contribution is -2.29. The van der Waals surface area contributed by atoms with E-state index in [0.717, 1.165) is 12.5 Å². The molecule has 0 bridgehead atoms. The van der Waals surface area contributed by atoms with Crippen LogP contribution in [0.3, 0.4) is 0 Å². The Morgan fingerprint density at radius 2 is 2.25 bits per heavy atom. The fourth-order valence-electron chi connectivity index (χ4n) is 2.15. The second-order valence-electron chi connectivity index (χ2n) is 4.81. The summed E-state index contributed by atoms with van der Waals surface area (Å²) in [5, 5.41) is 7.19. The molecule has 2 aliphatic rings. The summed E-state index contributed by atoms with van der Waals surface area (Å²) >= 11 is 1.84. The Hall–Kier alpha value is -0.670. The first kappa shape index (κ1) is 10.5. The molecule has 0 aliphatic heterocycles. The molecule has 1 atom stereocenters. The fraction of sp³-hybridized carbons (Fsp3) is 0.615. The molecule has 1 aromatic rings. The summed E-state index contributed by atoms with van der Waals surface area (Å²) in [6.45, 7) is 0.946. The zero-order valence-corrected chi connectivity index (χ0v) is 10.3. The second-order valence-corrected chi connectivity index (χ2v) is 5.70. The van der Waals surface area contributed by atoms with Gasteiger partial charge in [-0.3, -0.25) is 0 Å². The van der Waals surface area contributed by atoms with E-state index < -0.39 is 0 Å². The molecular formula is C13H18N2S. The lowest BCUT2D eigenvalue weighted by Gasteiger charge is -2.18. The molecular weight excluding hydrogens is 216 g/mol. The molecule has 0 radical (unpaired) electrons. The molecule has 0 aromatic carbocycles. The Morgan fingerprint density at radius 1 is 1.31 bits per heavy atom. The van der Waals surface area contributed by atoms with Crippen LogP contribution in [0.15, 0.2) is 17.5 Å². The number of rotatable bonds is 4. The van der Waals surface area contributed by atoms with Gasteiger partial charge in [-0.15, -0.1) is 11.3 Å². The SMILES string of the molecule is C1=CCC(NCc2csc(C3CC3)n2)CC1. The molecule has 3 heteroatoms. The molecule has 1 unspecified atom stereocenters. The van der Waals surface area contributed by atoms with E-state index in [0.29, 0.717) is 6.04 Å². The number of nitrogens with one attached hydrogen (secondary N) is 1. The summed E-state index contributed by atoms with van der Waals surface area (Å²) in [6, 6.07) is 0.663. The molecule has 2 aliphatic carbocycles. The number of hydrogen-bond donors (Lipinski definition) is 1. The maximum absolute atomic E-state index is 4.69. The third-order valence-electron chi connectivity index (χ3n) is 3.34. The van der Waals surface area contributed by atoms with E-state index in [1.165, 1.54) is 42.8 Å². The van der Waals surface area contributed by atoms with Gasteiger partial charge in [0.15, 0.2) is 0 Å². The highest BCUT2D eigenvalue weighted by Crippen LogP contribution is 2.41. The van der Waals surface area contributed by atoms with Gasteiger partial charge in [0.1, 0.15) is 0 Å². The van der Waals surface area contributed by atoms with E-state index in [2.05, 4.69) is 22.8 Å². The Labute approximate surface area is 101 Å². The molecule has 2 nitrogen and oxygen atoms in total. The van der Waals surface area contributed by atoms with Crippen LogP contribution in [0, 0.1) is 0 Å². The van der Waals surface area contributed by atoms with Crippen molar-refractivity contribution in [2.24, 2.45) is 0 Å². The first-order chi connectivity index (χ1) is 7.92. The fourth-order valence-corrected chi connectivity index (χ4v) is 3.14. The zero-order valence-electron chi connectivity index (χ0n) is 9.48. The summed E-state index contributed by atoms with van der Waals surface area (Å²) in [7, 11) is 0. The zero-order chi connectivity index (χ0) is 10.8. The van der Waals surface area contributed by atoms with Crippen LogP contribution >= 0.6 is 11.3 Å². The summed E-state index contributed by atoms with van der Waals surface area (Å²) in [6.07, 6.45) is 11.0. The smallest absolute Gasteiger partial charge is 0.0959 e. The predicted molar refractivity (Wildman–Crippen MR) is 67.7 cm³/mol. The molecule has 16 heavy (non-hydrogen) atoms. The molecule has 0 amide bonds. The number of nitrogens with zero attached hydrogens (tertiary/aromatic N) is 1. The van der Waals surface area contributed by atoms with Crippen LogP contribution in [0.1, 0.15) is 48.7 Å². The number of aromatic nitrogens is 1. The quantitative estimate of drug-likeness (QED) is 0.809. The Balaban J connectivity index is 1.51. The van der Waals surface area contributed by atoms with Crippen molar-refractivity contribution in [2.45, 2.75) is 50.6 Å². The Kier molecular flexibility index (Phi) is 3.06. The highest BCUT2D eigenvalue weighted by atomic mass is 32.1. The lowest BCUT2D eigenvalue weighted by molar-refractivity contribution is 0.471. The van der Waals surface area contributed by atoms with Crippen molar-refractivity contribution in [3.05, 3.63) is 28.2 Å². The number of thiazole rings is 1. The van der Waals surface area contributed by atoms with Gasteiger partial charge in [-0.1, -0.05) is 12.2 Å². The van der Waals surface area contributed by atoms with Crippen LogP contribution in [0.5, 0.6) is 0 Å². The largest absolute Gasteiger partial charge is 0.308 e. The van der Waals surface area contributed by atoms with E-state index in [1.54, 1.807) is 0 Å². The van der Waals surface area contributed by atoms with E-state index in [4.69, 9.17) is 4.98 Å². The van der Waals surface area contributed by atoms with Gasteiger partial charge in [0.05, 0.1) is 10.7 Å². The lowest BCUT2D eigenvalue weighted by atomic mass is 10.0. The maximum Gasteiger partial charge on any atom is 0.0959 e.